The van der Waals surface area contributed by atoms with Crippen molar-refractivity contribution in [3.8, 4) is 5.75 Å². The largest absolute Gasteiger partial charge is 0.492 e. The predicted molar refractivity (Wildman–Crippen MR) is 113 cm³/mol. The van der Waals surface area contributed by atoms with E-state index in [-0.39, 0.29) is 11.6 Å². The quantitative estimate of drug-likeness (QED) is 0.670. The molecule has 0 saturated heterocycles. The minimum absolute atomic E-state index is 0.0288. The Morgan fingerprint density at radius 2 is 2.00 bits per heavy atom. The average Bonchev–Trinajstić information content (AvgIpc) is 3.37. The highest BCUT2D eigenvalue weighted by Crippen LogP contribution is 2.50. The molecular weight excluding hydrogens is 366 g/mol. The summed E-state index contributed by atoms with van der Waals surface area (Å²) in [5.74, 6) is 2.60. The van der Waals surface area contributed by atoms with Crippen LogP contribution in [0.1, 0.15) is 31.7 Å². The molecule has 3 N–H and O–H groups in total. The maximum atomic E-state index is 12.7. The monoisotopic (exact) mass is 391 g/mol. The van der Waals surface area contributed by atoms with E-state index in [0.717, 1.165) is 34.8 Å². The number of nitrogens with one attached hydrogen (secondary N) is 1. The van der Waals surface area contributed by atoms with Crippen molar-refractivity contribution in [1.29, 1.82) is 0 Å². The molecule has 5 rings (SSSR count). The Morgan fingerprint density at radius 1 is 1.14 bits per heavy atom. The van der Waals surface area contributed by atoms with Crippen molar-refractivity contribution in [2.75, 3.05) is 18.5 Å². The van der Waals surface area contributed by atoms with E-state index in [1.807, 2.05) is 34.9 Å². The number of fused-ring (bicyclic) bond motifs is 3. The first-order chi connectivity index (χ1) is 14.2. The molecule has 2 saturated carbocycles. The van der Waals surface area contributed by atoms with E-state index in [9.17, 15) is 4.79 Å². The second kappa shape index (κ2) is 7.48. The van der Waals surface area contributed by atoms with Crippen molar-refractivity contribution < 1.29 is 4.74 Å². The van der Waals surface area contributed by atoms with Crippen LogP contribution in [-0.4, -0.2) is 27.7 Å². The van der Waals surface area contributed by atoms with Gasteiger partial charge in [-0.1, -0.05) is 6.42 Å². The van der Waals surface area contributed by atoms with Gasteiger partial charge in [-0.2, -0.15) is 4.98 Å². The van der Waals surface area contributed by atoms with Gasteiger partial charge in [-0.25, -0.2) is 4.98 Å². The Hall–Kier alpha value is -2.93. The summed E-state index contributed by atoms with van der Waals surface area (Å²) < 4.78 is 7.42. The number of hydrogen-bond acceptors (Lipinski definition) is 6. The van der Waals surface area contributed by atoms with Crippen molar-refractivity contribution in [1.82, 2.24) is 14.5 Å². The van der Waals surface area contributed by atoms with E-state index in [1.165, 1.54) is 19.3 Å². The Morgan fingerprint density at radius 3 is 2.72 bits per heavy atom. The summed E-state index contributed by atoms with van der Waals surface area (Å²) in [6.07, 6.45) is 6.62. The second-order valence-corrected chi connectivity index (χ2v) is 8.04. The molecule has 0 spiro atoms. The summed E-state index contributed by atoms with van der Waals surface area (Å²) in [6.45, 7) is 0.969. The third-order valence-corrected chi connectivity index (χ3v) is 6.20. The zero-order valence-electron chi connectivity index (χ0n) is 16.3. The fourth-order valence-corrected chi connectivity index (χ4v) is 4.89. The summed E-state index contributed by atoms with van der Waals surface area (Å²) in [5, 5.41) is 4.12. The van der Waals surface area contributed by atoms with Gasteiger partial charge in [0.25, 0.3) is 5.56 Å². The van der Waals surface area contributed by atoms with Crippen LogP contribution in [0.2, 0.25) is 0 Å². The predicted octanol–water partition coefficient (Wildman–Crippen LogP) is 3.23. The lowest BCUT2D eigenvalue weighted by Gasteiger charge is -2.25. The molecule has 7 nitrogen and oxygen atoms in total. The van der Waals surface area contributed by atoms with Crippen LogP contribution >= 0.6 is 0 Å². The van der Waals surface area contributed by atoms with Crippen molar-refractivity contribution in [2.45, 2.75) is 31.7 Å². The topological polar surface area (TPSA) is 95.1 Å². The van der Waals surface area contributed by atoms with Crippen LogP contribution in [0.15, 0.2) is 47.4 Å². The Labute approximate surface area is 168 Å². The summed E-state index contributed by atoms with van der Waals surface area (Å²) in [4.78, 5) is 21.9. The van der Waals surface area contributed by atoms with Gasteiger partial charge in [0.1, 0.15) is 18.0 Å². The van der Waals surface area contributed by atoms with Gasteiger partial charge in [0, 0.05) is 35.9 Å². The van der Waals surface area contributed by atoms with Crippen LogP contribution in [-0.2, 0) is 0 Å². The molecule has 2 heterocycles. The summed E-state index contributed by atoms with van der Waals surface area (Å²) >= 11 is 0. The van der Waals surface area contributed by atoms with Gasteiger partial charge in [-0.15, -0.1) is 0 Å². The normalized spacial score (nSPS) is 22.9. The molecule has 2 aliphatic rings. The van der Waals surface area contributed by atoms with Gasteiger partial charge in [-0.3, -0.25) is 9.36 Å². The number of rotatable bonds is 6. The molecule has 3 aromatic rings. The molecule has 0 amide bonds. The second-order valence-electron chi connectivity index (χ2n) is 8.04. The third-order valence-electron chi connectivity index (χ3n) is 6.20. The maximum absolute atomic E-state index is 12.7. The van der Waals surface area contributed by atoms with Gasteiger partial charge < -0.3 is 15.8 Å². The maximum Gasteiger partial charge on any atom is 0.252 e. The smallest absolute Gasteiger partial charge is 0.252 e. The lowest BCUT2D eigenvalue weighted by Crippen LogP contribution is -2.28. The lowest BCUT2D eigenvalue weighted by atomic mass is 9.95. The van der Waals surface area contributed by atoms with Crippen molar-refractivity contribution in [2.24, 2.45) is 17.6 Å². The fraction of sp³-hybridized carbons (Fsp3) is 0.409. The summed E-state index contributed by atoms with van der Waals surface area (Å²) in [5.41, 5.74) is 7.07. The lowest BCUT2D eigenvalue weighted by molar-refractivity contribution is 0.328. The number of ether oxygens (including phenoxy) is 1. The molecule has 29 heavy (non-hydrogen) atoms. The average molecular weight is 391 g/mol. The van der Waals surface area contributed by atoms with Crippen LogP contribution in [0, 0.1) is 11.8 Å². The van der Waals surface area contributed by atoms with E-state index >= 15 is 0 Å². The zero-order chi connectivity index (χ0) is 19.8. The molecule has 2 bridgehead atoms. The fourth-order valence-electron chi connectivity index (χ4n) is 4.89. The Kier molecular flexibility index (Phi) is 4.67. The van der Waals surface area contributed by atoms with Gasteiger partial charge >= 0.3 is 0 Å². The number of pyridine rings is 1. The number of hydrogen-bond donors (Lipinski definition) is 2. The molecule has 2 fully saturated rings. The number of benzene rings is 1. The molecule has 7 heteroatoms. The number of nitrogens with two attached hydrogens (primary N) is 1. The minimum atomic E-state index is 0.0288. The van der Waals surface area contributed by atoms with E-state index in [2.05, 4.69) is 10.3 Å². The van der Waals surface area contributed by atoms with Crippen LogP contribution in [0.25, 0.3) is 11.0 Å². The standard InChI is InChI=1S/C22H25N5O2/c23-9-10-29-18-6-4-17(5-7-18)25-22-24-13-16-3-8-20(28)27(21(16)26-22)19-12-14-1-2-15(19)11-14/h3-8,13-15,19H,1-2,9-12,23H2,(H,24,25,26)/t14-,15-,19-/m1/s1. The first kappa shape index (κ1) is 18.1. The van der Waals surface area contributed by atoms with Crippen molar-refractivity contribution >= 4 is 22.7 Å². The molecular formula is C22H25N5O2. The SMILES string of the molecule is NCCOc1ccc(Nc2ncc3ccc(=O)n([C@@H]4C[C@@H]5CC[C@@H]4C5)c3n2)cc1. The number of anilines is 2. The molecule has 2 aromatic heterocycles. The number of nitrogens with zero attached hydrogens (tertiary/aromatic N) is 3. The van der Waals surface area contributed by atoms with Gasteiger partial charge in [0.05, 0.1) is 0 Å². The van der Waals surface area contributed by atoms with Crippen LogP contribution < -0.4 is 21.3 Å². The molecule has 0 aliphatic heterocycles. The summed E-state index contributed by atoms with van der Waals surface area (Å²) in [7, 11) is 0. The summed E-state index contributed by atoms with van der Waals surface area (Å²) in [6, 6.07) is 11.3. The number of aromatic nitrogens is 3. The van der Waals surface area contributed by atoms with Gasteiger partial charge in [0.2, 0.25) is 5.95 Å². The van der Waals surface area contributed by atoms with Gasteiger partial charge in [-0.05, 0) is 61.4 Å². The van der Waals surface area contributed by atoms with E-state index in [0.29, 0.717) is 25.0 Å². The molecule has 1 aromatic carbocycles. The zero-order valence-corrected chi connectivity index (χ0v) is 16.3. The van der Waals surface area contributed by atoms with Crippen LogP contribution in [0.5, 0.6) is 5.75 Å². The molecule has 0 radical (unpaired) electrons. The Bertz CT molecular complexity index is 1080. The van der Waals surface area contributed by atoms with Crippen LogP contribution in [0.4, 0.5) is 11.6 Å². The van der Waals surface area contributed by atoms with Gasteiger partial charge in [0.15, 0.2) is 0 Å². The minimum Gasteiger partial charge on any atom is -0.492 e. The highest BCUT2D eigenvalue weighted by molar-refractivity contribution is 5.76. The molecule has 3 atom stereocenters. The highest BCUT2D eigenvalue weighted by Gasteiger charge is 2.41. The van der Waals surface area contributed by atoms with E-state index in [4.69, 9.17) is 15.5 Å². The first-order valence-corrected chi connectivity index (χ1v) is 10.3. The molecule has 150 valence electrons. The third kappa shape index (κ3) is 3.46. The van der Waals surface area contributed by atoms with E-state index < -0.39 is 0 Å². The van der Waals surface area contributed by atoms with Crippen LogP contribution in [0.3, 0.4) is 0 Å². The van der Waals surface area contributed by atoms with Crippen molar-refractivity contribution in [3.05, 3.63) is 52.9 Å². The van der Waals surface area contributed by atoms with Crippen molar-refractivity contribution in [3.63, 3.8) is 0 Å². The highest BCUT2D eigenvalue weighted by atomic mass is 16.5. The molecule has 2 aliphatic carbocycles. The van der Waals surface area contributed by atoms with E-state index in [1.54, 1.807) is 12.3 Å². The molecule has 0 unspecified atom stereocenters. The first-order valence-electron chi connectivity index (χ1n) is 10.3. The Balaban J connectivity index is 1.45.